The molecule has 2 N–H and O–H groups in total. The quantitative estimate of drug-likeness (QED) is 0.505. The fraction of sp³-hybridized carbons (Fsp3) is 0.850. The lowest BCUT2D eigenvalue weighted by Gasteiger charge is -2.24. The zero-order chi connectivity index (χ0) is 19.7. The van der Waals surface area contributed by atoms with Gasteiger partial charge >= 0.3 is 0 Å². The van der Waals surface area contributed by atoms with E-state index in [0.717, 1.165) is 32.1 Å². The minimum absolute atomic E-state index is 0.147. The van der Waals surface area contributed by atoms with Crippen LogP contribution in [0, 0.1) is 5.92 Å². The average molecular weight is 380 g/mol. The molecule has 27 heavy (non-hydrogen) atoms. The normalized spacial score (nSPS) is 17.3. The van der Waals surface area contributed by atoms with Crippen molar-refractivity contribution in [3.05, 3.63) is 11.7 Å². The van der Waals surface area contributed by atoms with Crippen molar-refractivity contribution in [3.8, 4) is 0 Å². The first-order valence-electron chi connectivity index (χ1n) is 10.4. The Morgan fingerprint density at radius 3 is 2.59 bits per heavy atom. The number of hydrogen-bond acceptors (Lipinski definition) is 5. The van der Waals surface area contributed by atoms with Gasteiger partial charge in [0.1, 0.15) is 6.54 Å². The maximum Gasteiger partial charge on any atom is 0.232 e. The number of aliphatic imine (C=N–C) groups is 1. The van der Waals surface area contributed by atoms with Crippen molar-refractivity contribution in [1.29, 1.82) is 0 Å². The molecule has 1 aliphatic carbocycles. The Morgan fingerprint density at radius 2 is 2.00 bits per heavy atom. The van der Waals surface area contributed by atoms with E-state index in [2.05, 4.69) is 60.4 Å². The molecular weight excluding hydrogens is 342 g/mol. The lowest BCUT2D eigenvalue weighted by Crippen LogP contribution is -2.39. The summed E-state index contributed by atoms with van der Waals surface area (Å²) in [7, 11) is 0. The number of nitrogens with zero attached hydrogens (tertiary/aromatic N) is 3. The predicted octanol–water partition coefficient (Wildman–Crippen LogP) is 3.41. The number of ether oxygens (including phenoxy) is 1. The van der Waals surface area contributed by atoms with Crippen molar-refractivity contribution in [2.24, 2.45) is 10.9 Å². The molecule has 0 bridgehead atoms. The van der Waals surface area contributed by atoms with Gasteiger partial charge in [0.15, 0.2) is 11.8 Å². The van der Waals surface area contributed by atoms with Gasteiger partial charge in [-0.15, -0.1) is 0 Å². The van der Waals surface area contributed by atoms with E-state index in [0.29, 0.717) is 30.3 Å². The fourth-order valence-corrected chi connectivity index (χ4v) is 3.45. The first-order chi connectivity index (χ1) is 12.9. The highest BCUT2D eigenvalue weighted by Crippen LogP contribution is 2.30. The lowest BCUT2D eigenvalue weighted by molar-refractivity contribution is 0.0169. The summed E-state index contributed by atoms with van der Waals surface area (Å²) in [5.41, 5.74) is -0.147. The van der Waals surface area contributed by atoms with Gasteiger partial charge in [0, 0.05) is 25.1 Å². The van der Waals surface area contributed by atoms with Crippen LogP contribution in [0.3, 0.4) is 0 Å². The molecule has 0 aromatic carbocycles. The monoisotopic (exact) mass is 379 g/mol. The van der Waals surface area contributed by atoms with Crippen LogP contribution in [0.5, 0.6) is 0 Å². The Labute approximate surface area is 163 Å². The molecule has 1 atom stereocenters. The van der Waals surface area contributed by atoms with Crippen molar-refractivity contribution < 1.29 is 9.26 Å². The Kier molecular flexibility index (Phi) is 8.54. The van der Waals surface area contributed by atoms with Gasteiger partial charge in [0.05, 0.1) is 6.10 Å². The van der Waals surface area contributed by atoms with Crippen LogP contribution in [0.15, 0.2) is 9.52 Å². The molecule has 0 radical (unpaired) electrons. The van der Waals surface area contributed by atoms with Gasteiger partial charge < -0.3 is 19.9 Å². The van der Waals surface area contributed by atoms with Crippen LogP contribution < -0.4 is 10.6 Å². The molecule has 7 heteroatoms. The second kappa shape index (κ2) is 10.6. The van der Waals surface area contributed by atoms with Crippen LogP contribution in [0.1, 0.15) is 78.4 Å². The predicted molar refractivity (Wildman–Crippen MR) is 108 cm³/mol. The molecule has 2 rings (SSSR count). The van der Waals surface area contributed by atoms with Crippen LogP contribution in [0.25, 0.3) is 0 Å². The highest BCUT2D eigenvalue weighted by Gasteiger charge is 2.25. The summed E-state index contributed by atoms with van der Waals surface area (Å²) in [5, 5.41) is 10.7. The summed E-state index contributed by atoms with van der Waals surface area (Å²) in [4.78, 5) is 9.03. The Bertz CT molecular complexity index is 573. The Morgan fingerprint density at radius 1 is 1.26 bits per heavy atom. The van der Waals surface area contributed by atoms with E-state index in [-0.39, 0.29) is 5.41 Å². The topological polar surface area (TPSA) is 84.6 Å². The van der Waals surface area contributed by atoms with Crippen molar-refractivity contribution in [2.45, 2.75) is 84.8 Å². The zero-order valence-electron chi connectivity index (χ0n) is 17.7. The Hall–Kier alpha value is -1.63. The molecule has 7 nitrogen and oxygen atoms in total. The summed E-state index contributed by atoms with van der Waals surface area (Å²) in [6.07, 6.45) is 6.62. The summed E-state index contributed by atoms with van der Waals surface area (Å²) < 4.78 is 11.3. The third-order valence-electron chi connectivity index (χ3n) is 4.86. The second-order valence-electron chi connectivity index (χ2n) is 8.21. The minimum atomic E-state index is -0.147. The van der Waals surface area contributed by atoms with Crippen LogP contribution >= 0.6 is 0 Å². The molecule has 1 aromatic heterocycles. The van der Waals surface area contributed by atoms with Gasteiger partial charge in [-0.1, -0.05) is 38.8 Å². The largest absolute Gasteiger partial charge is 0.378 e. The third-order valence-corrected chi connectivity index (χ3v) is 4.86. The number of aromatic nitrogens is 2. The lowest BCUT2D eigenvalue weighted by atomic mass is 9.97. The van der Waals surface area contributed by atoms with E-state index in [4.69, 9.17) is 9.26 Å². The van der Waals surface area contributed by atoms with Crippen molar-refractivity contribution in [2.75, 3.05) is 19.7 Å². The molecule has 1 unspecified atom stereocenters. The van der Waals surface area contributed by atoms with Gasteiger partial charge in [0.2, 0.25) is 5.89 Å². The molecule has 0 aliphatic heterocycles. The van der Waals surface area contributed by atoms with Crippen molar-refractivity contribution in [3.63, 3.8) is 0 Å². The molecule has 1 aromatic rings. The number of nitrogens with one attached hydrogen (secondary N) is 2. The van der Waals surface area contributed by atoms with Crippen LogP contribution in [0.2, 0.25) is 0 Å². The molecule has 1 aliphatic rings. The molecule has 0 spiro atoms. The molecule has 154 valence electrons. The van der Waals surface area contributed by atoms with Gasteiger partial charge in [0.25, 0.3) is 0 Å². The van der Waals surface area contributed by atoms with Gasteiger partial charge in [-0.25, -0.2) is 4.99 Å². The maximum absolute atomic E-state index is 6.00. The average Bonchev–Trinajstić information content (AvgIpc) is 3.30. The number of rotatable bonds is 9. The number of guanidine groups is 1. The highest BCUT2D eigenvalue weighted by atomic mass is 16.5. The summed E-state index contributed by atoms with van der Waals surface area (Å²) >= 11 is 0. The minimum Gasteiger partial charge on any atom is -0.378 e. The van der Waals surface area contributed by atoms with Crippen LogP contribution in [-0.2, 0) is 16.7 Å². The molecule has 0 amide bonds. The summed E-state index contributed by atoms with van der Waals surface area (Å²) in [6.45, 7) is 13.1. The SMILES string of the molecule is CCNC(=NCc1noc(C(C)(C)C)n1)NCCC(OCC)C1CCCC1. The third kappa shape index (κ3) is 7.13. The van der Waals surface area contributed by atoms with E-state index in [1.807, 2.05) is 0 Å². The van der Waals surface area contributed by atoms with Crippen molar-refractivity contribution >= 4 is 5.96 Å². The fourth-order valence-electron chi connectivity index (χ4n) is 3.45. The van der Waals surface area contributed by atoms with Gasteiger partial charge in [-0.3, -0.25) is 0 Å². The standard InChI is InChI=1S/C20H37N5O2/c1-6-21-19(23-14-17-24-18(27-25-17)20(3,4)5)22-13-12-16(26-7-2)15-10-8-9-11-15/h15-16H,6-14H2,1-5H3,(H2,21,22,23). The van der Waals surface area contributed by atoms with Crippen molar-refractivity contribution in [1.82, 2.24) is 20.8 Å². The van der Waals surface area contributed by atoms with Crippen LogP contribution in [0.4, 0.5) is 0 Å². The van der Waals surface area contributed by atoms with E-state index in [9.17, 15) is 0 Å². The molecule has 0 saturated heterocycles. The number of hydrogen-bond donors (Lipinski definition) is 2. The van der Waals surface area contributed by atoms with E-state index in [1.54, 1.807) is 0 Å². The first kappa shape index (κ1) is 21.7. The maximum atomic E-state index is 6.00. The second-order valence-corrected chi connectivity index (χ2v) is 8.21. The highest BCUT2D eigenvalue weighted by molar-refractivity contribution is 5.79. The van der Waals surface area contributed by atoms with E-state index in [1.165, 1.54) is 25.7 Å². The molecule has 1 saturated carbocycles. The smallest absolute Gasteiger partial charge is 0.232 e. The molecule has 1 heterocycles. The Balaban J connectivity index is 1.86. The zero-order valence-corrected chi connectivity index (χ0v) is 17.7. The molecule has 1 fully saturated rings. The van der Waals surface area contributed by atoms with E-state index < -0.39 is 0 Å². The van der Waals surface area contributed by atoms with E-state index >= 15 is 0 Å². The first-order valence-corrected chi connectivity index (χ1v) is 10.4. The van der Waals surface area contributed by atoms with Crippen LogP contribution in [-0.4, -0.2) is 41.9 Å². The van der Waals surface area contributed by atoms with Gasteiger partial charge in [-0.05, 0) is 39.0 Å². The molecular formula is C20H37N5O2. The van der Waals surface area contributed by atoms with Gasteiger partial charge in [-0.2, -0.15) is 4.98 Å². The summed E-state index contributed by atoms with van der Waals surface area (Å²) in [5.74, 6) is 2.74. The summed E-state index contributed by atoms with van der Waals surface area (Å²) in [6, 6.07) is 0.